The van der Waals surface area contributed by atoms with Crippen LogP contribution in [0.4, 0.5) is 11.6 Å². The van der Waals surface area contributed by atoms with Gasteiger partial charge in [0.2, 0.25) is 5.88 Å². The maximum atomic E-state index is 12.7. The molecule has 1 amide bonds. The van der Waals surface area contributed by atoms with Gasteiger partial charge in [-0.15, -0.1) is 0 Å². The third-order valence-corrected chi connectivity index (χ3v) is 4.43. The highest BCUT2D eigenvalue weighted by molar-refractivity contribution is 6.05. The molecule has 0 saturated carbocycles. The van der Waals surface area contributed by atoms with Gasteiger partial charge in [0, 0.05) is 32.4 Å². The second-order valence-electron chi connectivity index (χ2n) is 6.34. The molecular weight excluding hydrogens is 346 g/mol. The van der Waals surface area contributed by atoms with Crippen LogP contribution < -0.4 is 20.3 Å². The maximum absolute atomic E-state index is 12.7. The molecule has 9 heteroatoms. The van der Waals surface area contributed by atoms with E-state index in [1.165, 1.54) is 7.11 Å². The number of ether oxygens (including phenoxy) is 1. The van der Waals surface area contributed by atoms with E-state index in [-0.39, 0.29) is 5.91 Å². The number of carbonyl (C=O) groups excluding carboxylic acids is 1. The van der Waals surface area contributed by atoms with Crippen molar-refractivity contribution in [3.8, 4) is 5.88 Å². The fraction of sp³-hybridized carbons (Fsp3) is 0.333. The lowest BCUT2D eigenvalue weighted by molar-refractivity contribution is 0.102. The monoisotopic (exact) mass is 367 g/mol. The van der Waals surface area contributed by atoms with Gasteiger partial charge in [-0.1, -0.05) is 0 Å². The molecule has 0 unspecified atom stereocenters. The first-order valence-electron chi connectivity index (χ1n) is 8.77. The lowest BCUT2D eigenvalue weighted by Gasteiger charge is -2.28. The number of fused-ring (bicyclic) bond motifs is 1. The zero-order valence-electron chi connectivity index (χ0n) is 15.3. The molecular formula is C18H21N7O2. The van der Waals surface area contributed by atoms with Crippen LogP contribution in [0.25, 0.3) is 5.65 Å². The van der Waals surface area contributed by atoms with Crippen LogP contribution in [0.15, 0.2) is 30.7 Å². The summed E-state index contributed by atoms with van der Waals surface area (Å²) >= 11 is 0. The molecule has 1 aliphatic heterocycles. The van der Waals surface area contributed by atoms with Crippen molar-refractivity contribution in [2.45, 2.75) is 6.92 Å². The molecule has 1 fully saturated rings. The zero-order valence-corrected chi connectivity index (χ0v) is 15.3. The minimum Gasteiger partial charge on any atom is -0.480 e. The number of imidazole rings is 1. The van der Waals surface area contributed by atoms with E-state index in [1.54, 1.807) is 18.5 Å². The number of amides is 1. The number of nitrogens with zero attached hydrogens (tertiary/aromatic N) is 5. The van der Waals surface area contributed by atoms with Gasteiger partial charge in [0.15, 0.2) is 5.65 Å². The fourth-order valence-corrected chi connectivity index (χ4v) is 3.10. The predicted octanol–water partition coefficient (Wildman–Crippen LogP) is 1.10. The Labute approximate surface area is 156 Å². The molecule has 140 valence electrons. The van der Waals surface area contributed by atoms with Crippen molar-refractivity contribution in [1.82, 2.24) is 24.7 Å². The molecule has 0 aliphatic carbocycles. The van der Waals surface area contributed by atoms with E-state index >= 15 is 0 Å². The highest BCUT2D eigenvalue weighted by Gasteiger charge is 2.18. The minimum absolute atomic E-state index is 0.295. The first-order chi connectivity index (χ1) is 13.1. The molecule has 2 N–H and O–H groups in total. The van der Waals surface area contributed by atoms with Gasteiger partial charge in [0.25, 0.3) is 5.91 Å². The van der Waals surface area contributed by atoms with E-state index in [1.807, 2.05) is 23.6 Å². The summed E-state index contributed by atoms with van der Waals surface area (Å²) in [6.45, 7) is 5.47. The van der Waals surface area contributed by atoms with E-state index in [4.69, 9.17) is 4.74 Å². The molecule has 9 nitrogen and oxygen atoms in total. The third kappa shape index (κ3) is 3.54. The number of hydrogen-bond donors (Lipinski definition) is 2. The van der Waals surface area contributed by atoms with E-state index in [2.05, 4.69) is 30.5 Å². The number of aryl methyl sites for hydroxylation is 1. The van der Waals surface area contributed by atoms with Crippen molar-refractivity contribution in [3.63, 3.8) is 0 Å². The van der Waals surface area contributed by atoms with Gasteiger partial charge in [-0.2, -0.15) is 4.98 Å². The van der Waals surface area contributed by atoms with Crippen LogP contribution in [0.3, 0.4) is 0 Å². The minimum atomic E-state index is -0.324. The molecule has 0 spiro atoms. The lowest BCUT2D eigenvalue weighted by atomic mass is 10.2. The van der Waals surface area contributed by atoms with Crippen LogP contribution in [0.1, 0.15) is 16.1 Å². The summed E-state index contributed by atoms with van der Waals surface area (Å²) in [5.74, 6) is 1.20. The summed E-state index contributed by atoms with van der Waals surface area (Å²) in [5, 5.41) is 6.10. The summed E-state index contributed by atoms with van der Waals surface area (Å²) in [7, 11) is 1.51. The average Bonchev–Trinajstić information content (AvgIpc) is 3.07. The molecule has 1 saturated heterocycles. The topological polar surface area (TPSA) is 96.7 Å². The molecule has 4 heterocycles. The summed E-state index contributed by atoms with van der Waals surface area (Å²) in [6.07, 6.45) is 5.21. The summed E-state index contributed by atoms with van der Waals surface area (Å²) in [4.78, 5) is 27.9. The second kappa shape index (κ2) is 7.20. The van der Waals surface area contributed by atoms with E-state index in [0.29, 0.717) is 17.3 Å². The Hall–Kier alpha value is -3.20. The smallest absolute Gasteiger partial charge is 0.262 e. The van der Waals surface area contributed by atoms with Gasteiger partial charge in [-0.25, -0.2) is 9.97 Å². The zero-order chi connectivity index (χ0) is 18.8. The number of piperazine rings is 1. The van der Waals surface area contributed by atoms with Crippen LogP contribution in [-0.4, -0.2) is 58.5 Å². The third-order valence-electron chi connectivity index (χ3n) is 4.43. The van der Waals surface area contributed by atoms with Gasteiger partial charge in [0.1, 0.15) is 17.2 Å². The summed E-state index contributed by atoms with van der Waals surface area (Å²) in [6, 6.07) is 3.58. The van der Waals surface area contributed by atoms with E-state index in [0.717, 1.165) is 43.3 Å². The number of carbonyl (C=O) groups is 1. The summed E-state index contributed by atoms with van der Waals surface area (Å²) < 4.78 is 7.18. The van der Waals surface area contributed by atoms with Crippen molar-refractivity contribution >= 4 is 23.2 Å². The molecule has 27 heavy (non-hydrogen) atoms. The maximum Gasteiger partial charge on any atom is 0.262 e. The number of rotatable bonds is 4. The summed E-state index contributed by atoms with van der Waals surface area (Å²) in [5.41, 5.74) is 1.97. The molecule has 0 radical (unpaired) electrons. The Kier molecular flexibility index (Phi) is 4.59. The van der Waals surface area contributed by atoms with Crippen LogP contribution in [0, 0.1) is 6.92 Å². The fourth-order valence-electron chi connectivity index (χ4n) is 3.10. The van der Waals surface area contributed by atoms with Gasteiger partial charge >= 0.3 is 0 Å². The number of pyridine rings is 1. The van der Waals surface area contributed by atoms with E-state index < -0.39 is 0 Å². The first kappa shape index (κ1) is 17.2. The Morgan fingerprint density at radius 2 is 2.04 bits per heavy atom. The molecule has 3 aromatic rings. The highest BCUT2D eigenvalue weighted by atomic mass is 16.5. The SMILES string of the molecule is COc1nc(N2CCNCC2)ccc1C(=O)Nc1cn2cc(C)nc2cn1. The highest BCUT2D eigenvalue weighted by Crippen LogP contribution is 2.22. The number of hydrogen-bond acceptors (Lipinski definition) is 7. The van der Waals surface area contributed by atoms with Crippen LogP contribution in [-0.2, 0) is 0 Å². The Morgan fingerprint density at radius 1 is 1.22 bits per heavy atom. The largest absolute Gasteiger partial charge is 0.480 e. The number of nitrogens with one attached hydrogen (secondary N) is 2. The molecule has 0 atom stereocenters. The van der Waals surface area contributed by atoms with Gasteiger partial charge in [-0.3, -0.25) is 4.79 Å². The van der Waals surface area contributed by atoms with E-state index in [9.17, 15) is 4.79 Å². The van der Waals surface area contributed by atoms with Crippen molar-refractivity contribution in [2.24, 2.45) is 0 Å². The van der Waals surface area contributed by atoms with Crippen LogP contribution >= 0.6 is 0 Å². The Morgan fingerprint density at radius 3 is 2.81 bits per heavy atom. The van der Waals surface area contributed by atoms with Crippen LogP contribution in [0.5, 0.6) is 5.88 Å². The number of methoxy groups -OCH3 is 1. The predicted molar refractivity (Wildman–Crippen MR) is 102 cm³/mol. The number of anilines is 2. The Bertz CT molecular complexity index is 979. The average molecular weight is 367 g/mol. The lowest BCUT2D eigenvalue weighted by Crippen LogP contribution is -2.43. The number of aromatic nitrogens is 4. The normalized spacial score (nSPS) is 14.4. The van der Waals surface area contributed by atoms with Crippen molar-refractivity contribution in [2.75, 3.05) is 43.5 Å². The van der Waals surface area contributed by atoms with Crippen molar-refractivity contribution in [1.29, 1.82) is 0 Å². The van der Waals surface area contributed by atoms with Gasteiger partial charge in [-0.05, 0) is 19.1 Å². The molecule has 3 aromatic heterocycles. The first-order valence-corrected chi connectivity index (χ1v) is 8.77. The van der Waals surface area contributed by atoms with Crippen molar-refractivity contribution in [3.05, 3.63) is 42.0 Å². The standard InChI is InChI=1S/C18H21N7O2/c1-12-10-25-11-14(20-9-16(25)21-12)22-17(26)13-3-4-15(23-18(13)27-2)24-7-5-19-6-8-24/h3-4,9-11,19H,5-8H2,1-2H3,(H,22,26). The van der Waals surface area contributed by atoms with Gasteiger partial charge < -0.3 is 24.7 Å². The van der Waals surface area contributed by atoms with Gasteiger partial charge in [0.05, 0.1) is 25.2 Å². The van der Waals surface area contributed by atoms with Crippen molar-refractivity contribution < 1.29 is 9.53 Å². The molecule has 0 aromatic carbocycles. The molecule has 4 rings (SSSR count). The molecule has 0 bridgehead atoms. The quantitative estimate of drug-likeness (QED) is 0.713. The van der Waals surface area contributed by atoms with Crippen LogP contribution in [0.2, 0.25) is 0 Å². The Balaban J connectivity index is 1.56. The molecule has 1 aliphatic rings. The second-order valence-corrected chi connectivity index (χ2v) is 6.34.